The van der Waals surface area contributed by atoms with Crippen molar-refractivity contribution in [3.8, 4) is 11.4 Å². The largest absolute Gasteiger partial charge is 0.322 e. The summed E-state index contributed by atoms with van der Waals surface area (Å²) in [5.41, 5.74) is 3.90. The Hall–Kier alpha value is -1.61. The molecule has 0 spiro atoms. The minimum Gasteiger partial charge on any atom is -0.322 e. The maximum atomic E-state index is 4.48. The fourth-order valence-electron chi connectivity index (χ4n) is 2.17. The number of aromatic nitrogens is 2. The molecule has 0 bridgehead atoms. The average molecular weight is 199 g/mol. The third-order valence-electron chi connectivity index (χ3n) is 2.88. The monoisotopic (exact) mass is 199 g/mol. The molecule has 3 nitrogen and oxygen atoms in total. The quantitative estimate of drug-likeness (QED) is 0.680. The SMILES string of the molecule is CNCc1cnc2n1Cc1ccccc1-2. The van der Waals surface area contributed by atoms with Crippen LogP contribution in [0.3, 0.4) is 0 Å². The van der Waals surface area contributed by atoms with Gasteiger partial charge in [-0.05, 0) is 12.6 Å². The van der Waals surface area contributed by atoms with E-state index in [1.54, 1.807) is 0 Å². The van der Waals surface area contributed by atoms with Crippen LogP contribution < -0.4 is 5.32 Å². The van der Waals surface area contributed by atoms with Crippen LogP contribution in [0.1, 0.15) is 11.3 Å². The molecule has 76 valence electrons. The fraction of sp³-hybridized carbons (Fsp3) is 0.250. The Morgan fingerprint density at radius 2 is 2.27 bits per heavy atom. The van der Waals surface area contributed by atoms with E-state index in [4.69, 9.17) is 0 Å². The summed E-state index contributed by atoms with van der Waals surface area (Å²) in [5.74, 6) is 1.11. The maximum absolute atomic E-state index is 4.48. The number of benzene rings is 1. The lowest BCUT2D eigenvalue weighted by atomic mass is 10.1. The van der Waals surface area contributed by atoms with Crippen molar-refractivity contribution in [2.24, 2.45) is 0 Å². The van der Waals surface area contributed by atoms with Crippen molar-refractivity contribution in [2.45, 2.75) is 13.1 Å². The van der Waals surface area contributed by atoms with E-state index in [9.17, 15) is 0 Å². The highest BCUT2D eigenvalue weighted by molar-refractivity contribution is 5.65. The van der Waals surface area contributed by atoms with E-state index >= 15 is 0 Å². The predicted molar refractivity (Wildman–Crippen MR) is 59.5 cm³/mol. The van der Waals surface area contributed by atoms with Gasteiger partial charge in [0.25, 0.3) is 0 Å². The van der Waals surface area contributed by atoms with Gasteiger partial charge >= 0.3 is 0 Å². The highest BCUT2D eigenvalue weighted by Crippen LogP contribution is 2.31. The van der Waals surface area contributed by atoms with Crippen LogP contribution in [0.2, 0.25) is 0 Å². The van der Waals surface area contributed by atoms with Crippen LogP contribution in [0.4, 0.5) is 0 Å². The maximum Gasteiger partial charge on any atom is 0.140 e. The Kier molecular flexibility index (Phi) is 1.86. The highest BCUT2D eigenvalue weighted by Gasteiger charge is 2.20. The lowest BCUT2D eigenvalue weighted by Crippen LogP contribution is -2.10. The Morgan fingerprint density at radius 3 is 3.13 bits per heavy atom. The molecule has 1 aliphatic heterocycles. The molecule has 3 rings (SSSR count). The van der Waals surface area contributed by atoms with Gasteiger partial charge in [-0.1, -0.05) is 24.3 Å². The number of imidazole rings is 1. The van der Waals surface area contributed by atoms with Crippen molar-refractivity contribution < 1.29 is 0 Å². The molecule has 15 heavy (non-hydrogen) atoms. The van der Waals surface area contributed by atoms with E-state index in [2.05, 4.69) is 39.1 Å². The van der Waals surface area contributed by atoms with E-state index in [0.717, 1.165) is 18.9 Å². The second kappa shape index (κ2) is 3.21. The van der Waals surface area contributed by atoms with Crippen LogP contribution >= 0.6 is 0 Å². The summed E-state index contributed by atoms with van der Waals surface area (Å²) >= 11 is 0. The molecule has 0 saturated carbocycles. The number of hydrogen-bond acceptors (Lipinski definition) is 2. The topological polar surface area (TPSA) is 29.9 Å². The zero-order valence-corrected chi connectivity index (χ0v) is 8.70. The van der Waals surface area contributed by atoms with Crippen LogP contribution in [-0.2, 0) is 13.1 Å². The molecular formula is C12H13N3. The first-order valence-corrected chi connectivity index (χ1v) is 5.17. The number of nitrogens with one attached hydrogen (secondary N) is 1. The Morgan fingerprint density at radius 1 is 1.40 bits per heavy atom. The summed E-state index contributed by atoms with van der Waals surface area (Å²) in [6.07, 6.45) is 1.96. The van der Waals surface area contributed by atoms with E-state index in [1.165, 1.54) is 16.8 Å². The Balaban J connectivity index is 2.11. The third kappa shape index (κ3) is 1.20. The minimum absolute atomic E-state index is 0.876. The van der Waals surface area contributed by atoms with Gasteiger partial charge in [0.1, 0.15) is 5.82 Å². The van der Waals surface area contributed by atoms with Crippen molar-refractivity contribution >= 4 is 0 Å². The normalized spacial score (nSPS) is 12.6. The molecular weight excluding hydrogens is 186 g/mol. The second-order valence-corrected chi connectivity index (χ2v) is 3.85. The van der Waals surface area contributed by atoms with Crippen molar-refractivity contribution in [1.29, 1.82) is 0 Å². The molecule has 0 fully saturated rings. The second-order valence-electron chi connectivity index (χ2n) is 3.85. The van der Waals surface area contributed by atoms with Gasteiger partial charge in [0, 0.05) is 12.1 Å². The van der Waals surface area contributed by atoms with Gasteiger partial charge in [0.15, 0.2) is 0 Å². The molecule has 0 saturated heterocycles. The van der Waals surface area contributed by atoms with E-state index in [-0.39, 0.29) is 0 Å². The summed E-state index contributed by atoms with van der Waals surface area (Å²) in [7, 11) is 1.96. The van der Waals surface area contributed by atoms with Crippen molar-refractivity contribution in [3.05, 3.63) is 41.7 Å². The van der Waals surface area contributed by atoms with Crippen molar-refractivity contribution in [1.82, 2.24) is 14.9 Å². The molecule has 0 amide bonds. The Bertz CT molecular complexity index is 499. The molecule has 3 heteroatoms. The minimum atomic E-state index is 0.876. The van der Waals surface area contributed by atoms with Gasteiger partial charge < -0.3 is 9.88 Å². The summed E-state index contributed by atoms with van der Waals surface area (Å²) in [6.45, 7) is 1.84. The van der Waals surface area contributed by atoms with Crippen LogP contribution in [-0.4, -0.2) is 16.6 Å². The van der Waals surface area contributed by atoms with Crippen LogP contribution in [0, 0.1) is 0 Å². The molecule has 0 unspecified atom stereocenters. The number of rotatable bonds is 2. The zero-order chi connectivity index (χ0) is 10.3. The smallest absolute Gasteiger partial charge is 0.140 e. The summed E-state index contributed by atoms with van der Waals surface area (Å²) in [6, 6.07) is 8.47. The lowest BCUT2D eigenvalue weighted by Gasteiger charge is -2.03. The highest BCUT2D eigenvalue weighted by atomic mass is 15.1. The molecule has 1 N–H and O–H groups in total. The first-order valence-electron chi connectivity index (χ1n) is 5.17. The molecule has 1 aromatic carbocycles. The van der Waals surface area contributed by atoms with E-state index in [0.29, 0.717) is 0 Å². The standard InChI is InChI=1S/C12H13N3/c1-13-6-10-7-14-12-11-5-3-2-4-9(11)8-15(10)12/h2-5,7,13H,6,8H2,1H3. The van der Waals surface area contributed by atoms with Crippen LogP contribution in [0.25, 0.3) is 11.4 Å². The summed E-state index contributed by atoms with van der Waals surface area (Å²) < 4.78 is 2.28. The Labute approximate surface area is 88.8 Å². The first kappa shape index (κ1) is 8.68. The van der Waals surface area contributed by atoms with Gasteiger partial charge in [0.05, 0.1) is 18.4 Å². The molecule has 1 aliphatic rings. The number of fused-ring (bicyclic) bond motifs is 3. The van der Waals surface area contributed by atoms with Gasteiger partial charge in [-0.3, -0.25) is 0 Å². The van der Waals surface area contributed by atoms with Crippen molar-refractivity contribution in [3.63, 3.8) is 0 Å². The fourth-order valence-corrected chi connectivity index (χ4v) is 2.17. The molecule has 0 atom stereocenters. The molecule has 2 aromatic rings. The molecule has 0 aliphatic carbocycles. The zero-order valence-electron chi connectivity index (χ0n) is 8.70. The van der Waals surface area contributed by atoms with Crippen molar-refractivity contribution in [2.75, 3.05) is 7.05 Å². The first-order chi connectivity index (χ1) is 7.40. The van der Waals surface area contributed by atoms with Crippen LogP contribution in [0.15, 0.2) is 30.5 Å². The van der Waals surface area contributed by atoms with Gasteiger partial charge in [-0.2, -0.15) is 0 Å². The molecule has 2 heterocycles. The van der Waals surface area contributed by atoms with Gasteiger partial charge in [-0.15, -0.1) is 0 Å². The van der Waals surface area contributed by atoms with Gasteiger partial charge in [0.2, 0.25) is 0 Å². The lowest BCUT2D eigenvalue weighted by molar-refractivity contribution is 0.713. The third-order valence-corrected chi connectivity index (χ3v) is 2.88. The number of nitrogens with zero attached hydrogens (tertiary/aromatic N) is 2. The molecule has 0 radical (unpaired) electrons. The number of hydrogen-bond donors (Lipinski definition) is 1. The summed E-state index contributed by atoms with van der Waals surface area (Å²) in [4.78, 5) is 4.48. The van der Waals surface area contributed by atoms with E-state index in [1.807, 2.05) is 13.2 Å². The summed E-state index contributed by atoms with van der Waals surface area (Å²) in [5, 5.41) is 3.17. The van der Waals surface area contributed by atoms with E-state index < -0.39 is 0 Å². The predicted octanol–water partition coefficient (Wildman–Crippen LogP) is 1.63. The molecule has 1 aromatic heterocycles. The van der Waals surface area contributed by atoms with Gasteiger partial charge in [-0.25, -0.2) is 4.98 Å². The average Bonchev–Trinajstić information content (AvgIpc) is 2.79. The van der Waals surface area contributed by atoms with Crippen LogP contribution in [0.5, 0.6) is 0 Å².